The summed E-state index contributed by atoms with van der Waals surface area (Å²) in [4.78, 5) is 0. The molecule has 0 saturated carbocycles. The molecule has 0 aliphatic rings. The van der Waals surface area contributed by atoms with Gasteiger partial charge in [0.25, 0.3) is 0 Å². The first-order valence-electron chi connectivity index (χ1n) is 5.29. The Kier molecular flexibility index (Phi) is 3.10. The van der Waals surface area contributed by atoms with Crippen molar-refractivity contribution in [2.45, 2.75) is 20.1 Å². The van der Waals surface area contributed by atoms with Crippen LogP contribution in [0.3, 0.4) is 0 Å². The number of para-hydroxylation sites is 1. The number of rotatable bonds is 4. The summed E-state index contributed by atoms with van der Waals surface area (Å²) in [7, 11) is 0. The van der Waals surface area contributed by atoms with Crippen molar-refractivity contribution >= 4 is 5.69 Å². The predicted molar refractivity (Wildman–Crippen MR) is 63.1 cm³/mol. The summed E-state index contributed by atoms with van der Waals surface area (Å²) in [5, 5.41) is 4.16. The number of nitrogen functional groups attached to an aromatic ring is 1. The number of hydrogen-bond donors (Lipinski definition) is 1. The standard InChI is InChI=1S/C12H15N3O/c1-2-15-12(11(13)8-14-15)9-16-10-6-4-3-5-7-10/h3-8H,2,9,13H2,1H3. The third-order valence-electron chi connectivity index (χ3n) is 2.40. The zero-order valence-electron chi connectivity index (χ0n) is 9.26. The first-order chi connectivity index (χ1) is 7.81. The van der Waals surface area contributed by atoms with Crippen LogP contribution in [0.15, 0.2) is 36.5 Å². The monoisotopic (exact) mass is 217 g/mol. The predicted octanol–water partition coefficient (Wildman–Crippen LogP) is 2.06. The Morgan fingerprint density at radius 2 is 2.06 bits per heavy atom. The number of benzene rings is 1. The molecule has 4 nitrogen and oxygen atoms in total. The molecule has 2 aromatic rings. The summed E-state index contributed by atoms with van der Waals surface area (Å²) in [5.41, 5.74) is 7.42. The van der Waals surface area contributed by atoms with Crippen LogP contribution in [-0.4, -0.2) is 9.78 Å². The van der Waals surface area contributed by atoms with Crippen LogP contribution >= 0.6 is 0 Å². The van der Waals surface area contributed by atoms with Gasteiger partial charge in [-0.05, 0) is 19.1 Å². The van der Waals surface area contributed by atoms with Gasteiger partial charge in [0.2, 0.25) is 0 Å². The van der Waals surface area contributed by atoms with E-state index in [4.69, 9.17) is 10.5 Å². The van der Waals surface area contributed by atoms with E-state index in [0.29, 0.717) is 12.3 Å². The fraction of sp³-hybridized carbons (Fsp3) is 0.250. The molecule has 1 aromatic heterocycles. The van der Waals surface area contributed by atoms with E-state index >= 15 is 0 Å². The van der Waals surface area contributed by atoms with Gasteiger partial charge in [-0.3, -0.25) is 4.68 Å². The maximum absolute atomic E-state index is 5.82. The van der Waals surface area contributed by atoms with E-state index in [-0.39, 0.29) is 0 Å². The zero-order valence-corrected chi connectivity index (χ0v) is 9.26. The van der Waals surface area contributed by atoms with E-state index < -0.39 is 0 Å². The van der Waals surface area contributed by atoms with Crippen LogP contribution in [0.5, 0.6) is 5.75 Å². The van der Waals surface area contributed by atoms with Gasteiger partial charge in [-0.15, -0.1) is 0 Å². The van der Waals surface area contributed by atoms with Crippen LogP contribution in [-0.2, 0) is 13.2 Å². The molecular weight excluding hydrogens is 202 g/mol. The van der Waals surface area contributed by atoms with Gasteiger partial charge >= 0.3 is 0 Å². The number of aromatic nitrogens is 2. The molecule has 0 aliphatic heterocycles. The molecule has 0 aliphatic carbocycles. The lowest BCUT2D eigenvalue weighted by atomic mass is 10.3. The molecule has 0 saturated heterocycles. The van der Waals surface area contributed by atoms with Gasteiger partial charge in [-0.1, -0.05) is 18.2 Å². The maximum atomic E-state index is 5.82. The minimum atomic E-state index is 0.448. The second-order valence-electron chi connectivity index (χ2n) is 3.46. The normalized spacial score (nSPS) is 10.3. The molecule has 0 atom stereocenters. The molecule has 0 radical (unpaired) electrons. The molecule has 0 spiro atoms. The van der Waals surface area contributed by atoms with Crippen molar-refractivity contribution in [2.24, 2.45) is 0 Å². The van der Waals surface area contributed by atoms with Crippen molar-refractivity contribution in [1.82, 2.24) is 9.78 Å². The van der Waals surface area contributed by atoms with E-state index in [0.717, 1.165) is 18.0 Å². The van der Waals surface area contributed by atoms with E-state index in [1.807, 2.05) is 41.9 Å². The molecule has 0 bridgehead atoms. The number of hydrogen-bond acceptors (Lipinski definition) is 3. The van der Waals surface area contributed by atoms with Crippen molar-refractivity contribution in [3.8, 4) is 5.75 Å². The van der Waals surface area contributed by atoms with Gasteiger partial charge in [0.1, 0.15) is 12.4 Å². The summed E-state index contributed by atoms with van der Waals surface area (Å²) < 4.78 is 7.48. The average Bonchev–Trinajstić information content (AvgIpc) is 2.69. The van der Waals surface area contributed by atoms with Crippen LogP contribution in [0.25, 0.3) is 0 Å². The van der Waals surface area contributed by atoms with Crippen LogP contribution in [0, 0.1) is 0 Å². The molecule has 84 valence electrons. The minimum Gasteiger partial charge on any atom is -0.487 e. The van der Waals surface area contributed by atoms with Crippen molar-refractivity contribution in [3.63, 3.8) is 0 Å². The first-order valence-corrected chi connectivity index (χ1v) is 5.29. The molecule has 16 heavy (non-hydrogen) atoms. The molecule has 4 heteroatoms. The largest absolute Gasteiger partial charge is 0.487 e. The molecule has 2 N–H and O–H groups in total. The number of anilines is 1. The van der Waals surface area contributed by atoms with E-state index in [9.17, 15) is 0 Å². The lowest BCUT2D eigenvalue weighted by Crippen LogP contribution is -2.07. The second kappa shape index (κ2) is 4.70. The topological polar surface area (TPSA) is 53.1 Å². The summed E-state index contributed by atoms with van der Waals surface area (Å²) in [6.45, 7) is 3.27. The van der Waals surface area contributed by atoms with E-state index in [2.05, 4.69) is 5.10 Å². The van der Waals surface area contributed by atoms with Crippen molar-refractivity contribution in [3.05, 3.63) is 42.2 Å². The van der Waals surface area contributed by atoms with Gasteiger partial charge in [-0.2, -0.15) is 5.10 Å². The molecule has 0 unspecified atom stereocenters. The van der Waals surface area contributed by atoms with Crippen LogP contribution < -0.4 is 10.5 Å². The third kappa shape index (κ3) is 2.16. The zero-order chi connectivity index (χ0) is 11.4. The highest BCUT2D eigenvalue weighted by Crippen LogP contribution is 2.15. The van der Waals surface area contributed by atoms with Gasteiger partial charge in [0.05, 0.1) is 17.6 Å². The van der Waals surface area contributed by atoms with Gasteiger partial charge in [-0.25, -0.2) is 0 Å². The molecular formula is C12H15N3O. The number of nitrogens with two attached hydrogens (primary N) is 1. The molecule has 0 fully saturated rings. The summed E-state index contributed by atoms with van der Waals surface area (Å²) in [6.07, 6.45) is 1.66. The first kappa shape index (κ1) is 10.5. The lowest BCUT2D eigenvalue weighted by Gasteiger charge is -2.08. The Morgan fingerprint density at radius 3 is 2.75 bits per heavy atom. The Labute approximate surface area is 94.6 Å². The Bertz CT molecular complexity index is 451. The molecule has 1 heterocycles. The van der Waals surface area contributed by atoms with Crippen molar-refractivity contribution in [1.29, 1.82) is 0 Å². The van der Waals surface area contributed by atoms with Crippen molar-refractivity contribution in [2.75, 3.05) is 5.73 Å². The molecule has 0 amide bonds. The van der Waals surface area contributed by atoms with Crippen LogP contribution in [0.4, 0.5) is 5.69 Å². The minimum absolute atomic E-state index is 0.448. The fourth-order valence-corrected chi connectivity index (χ4v) is 1.52. The number of aryl methyl sites for hydroxylation is 1. The van der Waals surface area contributed by atoms with Crippen LogP contribution in [0.2, 0.25) is 0 Å². The number of nitrogens with zero attached hydrogens (tertiary/aromatic N) is 2. The Morgan fingerprint density at radius 1 is 1.31 bits per heavy atom. The van der Waals surface area contributed by atoms with E-state index in [1.165, 1.54) is 0 Å². The highest BCUT2D eigenvalue weighted by atomic mass is 16.5. The smallest absolute Gasteiger partial charge is 0.132 e. The third-order valence-corrected chi connectivity index (χ3v) is 2.40. The fourth-order valence-electron chi connectivity index (χ4n) is 1.52. The lowest BCUT2D eigenvalue weighted by molar-refractivity contribution is 0.293. The quantitative estimate of drug-likeness (QED) is 0.852. The van der Waals surface area contributed by atoms with Gasteiger partial charge in [0, 0.05) is 6.54 Å². The molecule has 2 rings (SSSR count). The second-order valence-corrected chi connectivity index (χ2v) is 3.46. The van der Waals surface area contributed by atoms with Gasteiger partial charge < -0.3 is 10.5 Å². The Hall–Kier alpha value is -1.97. The van der Waals surface area contributed by atoms with E-state index in [1.54, 1.807) is 6.20 Å². The summed E-state index contributed by atoms with van der Waals surface area (Å²) in [6, 6.07) is 9.68. The van der Waals surface area contributed by atoms with Crippen LogP contribution in [0.1, 0.15) is 12.6 Å². The van der Waals surface area contributed by atoms with Crippen molar-refractivity contribution < 1.29 is 4.74 Å². The average molecular weight is 217 g/mol. The maximum Gasteiger partial charge on any atom is 0.132 e. The highest BCUT2D eigenvalue weighted by molar-refractivity contribution is 5.40. The summed E-state index contributed by atoms with van der Waals surface area (Å²) >= 11 is 0. The SMILES string of the molecule is CCn1ncc(N)c1COc1ccccc1. The number of ether oxygens (including phenoxy) is 1. The van der Waals surface area contributed by atoms with Gasteiger partial charge in [0.15, 0.2) is 0 Å². The highest BCUT2D eigenvalue weighted by Gasteiger charge is 2.07. The Balaban J connectivity index is 2.07. The molecule has 1 aromatic carbocycles. The summed E-state index contributed by atoms with van der Waals surface area (Å²) in [5.74, 6) is 0.839.